The van der Waals surface area contributed by atoms with Crippen LogP contribution in [0.15, 0.2) is 16.6 Å². The number of phenolic OH excluding ortho intramolecular Hbond substituents is 1. The van der Waals surface area contributed by atoms with Crippen LogP contribution in [0.1, 0.15) is 11.6 Å². The molecule has 82 valence electrons. The van der Waals surface area contributed by atoms with E-state index in [0.717, 1.165) is 17.6 Å². The van der Waals surface area contributed by atoms with E-state index in [2.05, 4.69) is 26.6 Å². The van der Waals surface area contributed by atoms with Gasteiger partial charge in [0.25, 0.3) is 0 Å². The van der Waals surface area contributed by atoms with Crippen LogP contribution in [0.25, 0.3) is 0 Å². The predicted octanol–water partition coefficient (Wildman–Crippen LogP) is 1.53. The van der Waals surface area contributed by atoms with Crippen molar-refractivity contribution in [2.45, 2.75) is 6.04 Å². The summed E-state index contributed by atoms with van der Waals surface area (Å²) in [4.78, 5) is 0. The van der Waals surface area contributed by atoms with Gasteiger partial charge in [-0.2, -0.15) is 0 Å². The molecule has 3 N–H and O–H groups in total. The molecule has 0 aromatic heterocycles. The van der Waals surface area contributed by atoms with E-state index in [4.69, 9.17) is 0 Å². The molecule has 0 aliphatic carbocycles. The topological polar surface area (TPSA) is 44.3 Å². The van der Waals surface area contributed by atoms with E-state index in [-0.39, 0.29) is 11.8 Å². The maximum atomic E-state index is 13.2. The minimum atomic E-state index is -0.583. The van der Waals surface area contributed by atoms with Gasteiger partial charge in [0, 0.05) is 35.7 Å². The fourth-order valence-electron chi connectivity index (χ4n) is 1.75. The van der Waals surface area contributed by atoms with Gasteiger partial charge in [-0.05, 0) is 12.1 Å². The van der Waals surface area contributed by atoms with Gasteiger partial charge >= 0.3 is 0 Å². The fourth-order valence-corrected chi connectivity index (χ4v) is 2.34. The van der Waals surface area contributed by atoms with Crippen LogP contribution in [0.2, 0.25) is 0 Å². The zero-order chi connectivity index (χ0) is 10.8. The highest BCUT2D eigenvalue weighted by atomic mass is 79.9. The van der Waals surface area contributed by atoms with Crippen molar-refractivity contribution in [2.24, 2.45) is 0 Å². The van der Waals surface area contributed by atoms with E-state index in [0.29, 0.717) is 12.1 Å². The Balaban J connectivity index is 2.36. The first-order valence-corrected chi connectivity index (χ1v) is 5.60. The van der Waals surface area contributed by atoms with Crippen LogP contribution < -0.4 is 10.6 Å². The number of piperazine rings is 1. The molecular formula is C10H12BrFN2O. The van der Waals surface area contributed by atoms with E-state index in [1.165, 1.54) is 6.07 Å². The molecule has 1 atom stereocenters. The molecule has 0 amide bonds. The van der Waals surface area contributed by atoms with Crippen LogP contribution >= 0.6 is 15.9 Å². The second-order valence-corrected chi connectivity index (χ2v) is 4.36. The van der Waals surface area contributed by atoms with Gasteiger partial charge in [0.2, 0.25) is 0 Å². The number of hydrogen-bond donors (Lipinski definition) is 3. The first-order chi connectivity index (χ1) is 7.20. The number of aromatic hydroxyl groups is 1. The van der Waals surface area contributed by atoms with Crippen LogP contribution in [0.5, 0.6) is 5.75 Å². The van der Waals surface area contributed by atoms with Gasteiger partial charge in [0.05, 0.1) is 0 Å². The summed E-state index contributed by atoms with van der Waals surface area (Å²) in [5.41, 5.74) is 0.585. The number of rotatable bonds is 1. The Hall–Kier alpha value is -0.650. The van der Waals surface area contributed by atoms with Crippen molar-refractivity contribution in [3.8, 4) is 5.75 Å². The molecule has 0 bridgehead atoms. The molecule has 3 nitrogen and oxygen atoms in total. The molecule has 5 heteroatoms. The maximum Gasteiger partial charge on any atom is 0.165 e. The average Bonchev–Trinajstić information content (AvgIpc) is 2.26. The third kappa shape index (κ3) is 2.14. The van der Waals surface area contributed by atoms with Crippen molar-refractivity contribution in [1.82, 2.24) is 10.6 Å². The first kappa shape index (κ1) is 10.9. The smallest absolute Gasteiger partial charge is 0.165 e. The molecule has 15 heavy (non-hydrogen) atoms. The zero-order valence-corrected chi connectivity index (χ0v) is 9.64. The predicted molar refractivity (Wildman–Crippen MR) is 59.4 cm³/mol. The number of nitrogens with one attached hydrogen (secondary N) is 2. The Morgan fingerprint density at radius 1 is 1.40 bits per heavy atom. The fraction of sp³-hybridized carbons (Fsp3) is 0.400. The Kier molecular flexibility index (Phi) is 3.23. The summed E-state index contributed by atoms with van der Waals surface area (Å²) >= 11 is 3.32. The first-order valence-electron chi connectivity index (χ1n) is 4.81. The van der Waals surface area contributed by atoms with Crippen molar-refractivity contribution in [3.63, 3.8) is 0 Å². The molecule has 0 radical (unpaired) electrons. The minimum Gasteiger partial charge on any atom is -0.505 e. The van der Waals surface area contributed by atoms with Gasteiger partial charge in [-0.25, -0.2) is 4.39 Å². The quantitative estimate of drug-likeness (QED) is 0.728. The van der Waals surface area contributed by atoms with Crippen LogP contribution in [0, 0.1) is 5.82 Å². The summed E-state index contributed by atoms with van der Waals surface area (Å²) < 4.78 is 13.9. The zero-order valence-electron chi connectivity index (χ0n) is 8.06. The largest absolute Gasteiger partial charge is 0.505 e. The number of hydrogen-bond acceptors (Lipinski definition) is 3. The van der Waals surface area contributed by atoms with Crippen molar-refractivity contribution < 1.29 is 9.50 Å². The number of halogens is 2. The lowest BCUT2D eigenvalue weighted by Crippen LogP contribution is -2.42. The molecule has 0 spiro atoms. The molecule has 1 aromatic carbocycles. The standard InChI is InChI=1S/C10H12BrFN2O/c11-6-1-2-7(12)10(15)9(6)8-5-13-3-4-14-8/h1-2,8,13-15H,3-5H2/t8-/m1/s1. The lowest BCUT2D eigenvalue weighted by Gasteiger charge is -2.26. The van der Waals surface area contributed by atoms with E-state index in [1.807, 2.05) is 0 Å². The highest BCUT2D eigenvalue weighted by Crippen LogP contribution is 2.33. The van der Waals surface area contributed by atoms with E-state index in [1.54, 1.807) is 6.07 Å². The lowest BCUT2D eigenvalue weighted by atomic mass is 10.0. The maximum absolute atomic E-state index is 13.2. The number of phenols is 1. The van der Waals surface area contributed by atoms with Crippen molar-refractivity contribution in [1.29, 1.82) is 0 Å². The summed E-state index contributed by atoms with van der Waals surface area (Å²) in [5.74, 6) is -0.855. The molecule has 1 aromatic rings. The summed E-state index contributed by atoms with van der Waals surface area (Å²) in [6.07, 6.45) is 0. The summed E-state index contributed by atoms with van der Waals surface area (Å²) in [7, 11) is 0. The van der Waals surface area contributed by atoms with Gasteiger partial charge in [-0.1, -0.05) is 15.9 Å². The Morgan fingerprint density at radius 2 is 2.20 bits per heavy atom. The molecule has 1 aliphatic rings. The normalized spacial score (nSPS) is 21.6. The second-order valence-electron chi connectivity index (χ2n) is 3.50. The van der Waals surface area contributed by atoms with Crippen LogP contribution in [0.4, 0.5) is 4.39 Å². The molecule has 2 rings (SSSR count). The van der Waals surface area contributed by atoms with Gasteiger partial charge < -0.3 is 15.7 Å². The summed E-state index contributed by atoms with van der Waals surface area (Å²) in [6, 6.07) is 2.81. The van der Waals surface area contributed by atoms with Crippen LogP contribution in [-0.4, -0.2) is 24.7 Å². The second kappa shape index (κ2) is 4.47. The van der Waals surface area contributed by atoms with Crippen LogP contribution in [-0.2, 0) is 0 Å². The third-order valence-electron chi connectivity index (χ3n) is 2.50. The monoisotopic (exact) mass is 274 g/mol. The SMILES string of the molecule is Oc1c(F)ccc(Br)c1[C@H]1CNCCN1. The highest BCUT2D eigenvalue weighted by Gasteiger charge is 2.22. The van der Waals surface area contributed by atoms with Gasteiger partial charge in [0.1, 0.15) is 0 Å². The molecule has 1 aliphatic heterocycles. The van der Waals surface area contributed by atoms with E-state index >= 15 is 0 Å². The highest BCUT2D eigenvalue weighted by molar-refractivity contribution is 9.10. The third-order valence-corrected chi connectivity index (χ3v) is 3.20. The van der Waals surface area contributed by atoms with E-state index < -0.39 is 5.82 Å². The van der Waals surface area contributed by atoms with Crippen LogP contribution in [0.3, 0.4) is 0 Å². The van der Waals surface area contributed by atoms with Crippen molar-refractivity contribution in [3.05, 3.63) is 28.0 Å². The molecule has 1 heterocycles. The Bertz CT molecular complexity index is 367. The van der Waals surface area contributed by atoms with Gasteiger partial charge in [-0.3, -0.25) is 0 Å². The van der Waals surface area contributed by atoms with Crippen molar-refractivity contribution in [2.75, 3.05) is 19.6 Å². The summed E-state index contributed by atoms with van der Waals surface area (Å²) in [6.45, 7) is 2.40. The Labute approximate surface area is 95.8 Å². The average molecular weight is 275 g/mol. The van der Waals surface area contributed by atoms with Gasteiger partial charge in [0.15, 0.2) is 11.6 Å². The molecule has 0 unspecified atom stereocenters. The molecular weight excluding hydrogens is 263 g/mol. The van der Waals surface area contributed by atoms with Crippen molar-refractivity contribution >= 4 is 15.9 Å². The number of benzene rings is 1. The van der Waals surface area contributed by atoms with Gasteiger partial charge in [-0.15, -0.1) is 0 Å². The molecule has 0 saturated carbocycles. The van der Waals surface area contributed by atoms with E-state index in [9.17, 15) is 9.50 Å². The molecule has 1 saturated heterocycles. The minimum absolute atomic E-state index is 0.0520. The summed E-state index contributed by atoms with van der Waals surface area (Å²) in [5, 5.41) is 16.1. The Morgan fingerprint density at radius 3 is 2.87 bits per heavy atom. The lowest BCUT2D eigenvalue weighted by molar-refractivity contribution is 0.386. The molecule has 1 fully saturated rings.